The van der Waals surface area contributed by atoms with Gasteiger partial charge in [0, 0.05) is 44.8 Å². The van der Waals surface area contributed by atoms with Crippen LogP contribution in [0.1, 0.15) is 24.3 Å². The zero-order chi connectivity index (χ0) is 19.0. The molecule has 0 spiro atoms. The highest BCUT2D eigenvalue weighted by atomic mass is 19.4. The third-order valence-electron chi connectivity index (χ3n) is 3.87. The first-order chi connectivity index (χ1) is 12.4. The van der Waals surface area contributed by atoms with Gasteiger partial charge in [0.2, 0.25) is 5.91 Å². The van der Waals surface area contributed by atoms with E-state index in [2.05, 4.69) is 25.7 Å². The first-order valence-corrected chi connectivity index (χ1v) is 8.37. The summed E-state index contributed by atoms with van der Waals surface area (Å²) in [7, 11) is 1.61. The zero-order valence-corrected chi connectivity index (χ0v) is 14.5. The van der Waals surface area contributed by atoms with Crippen molar-refractivity contribution in [3.8, 4) is 0 Å². The summed E-state index contributed by atoms with van der Waals surface area (Å²) in [6.07, 6.45) is -3.49. The molecule has 1 aliphatic heterocycles. The van der Waals surface area contributed by atoms with Crippen molar-refractivity contribution in [2.45, 2.75) is 24.9 Å². The molecule has 0 aromatic heterocycles. The molecule has 1 atom stereocenters. The number of rotatable bonds is 7. The number of hydrogen-bond acceptors (Lipinski definition) is 3. The molecule has 26 heavy (non-hydrogen) atoms. The van der Waals surface area contributed by atoms with Crippen molar-refractivity contribution in [2.24, 2.45) is 4.99 Å². The highest BCUT2D eigenvalue weighted by Gasteiger charge is 2.27. The molecule has 1 aromatic carbocycles. The third-order valence-corrected chi connectivity index (χ3v) is 3.87. The lowest BCUT2D eigenvalue weighted by Crippen LogP contribution is -2.41. The fourth-order valence-electron chi connectivity index (χ4n) is 2.69. The molecular weight excluding hydrogens is 349 g/mol. The van der Waals surface area contributed by atoms with Crippen LogP contribution in [0.15, 0.2) is 29.3 Å². The lowest BCUT2D eigenvalue weighted by atomic mass is 9.90. The van der Waals surface area contributed by atoms with E-state index in [1.54, 1.807) is 7.05 Å². The number of hydrogen-bond donors (Lipinski definition) is 3. The number of amides is 1. The number of carbonyl (C=O) groups is 1. The number of alkyl halides is 3. The number of benzene rings is 1. The number of aliphatic imine (C=N–C) groups is 1. The highest BCUT2D eigenvalue weighted by Crippen LogP contribution is 2.31. The van der Waals surface area contributed by atoms with Crippen molar-refractivity contribution in [3.63, 3.8) is 0 Å². The first kappa shape index (κ1) is 20.0. The van der Waals surface area contributed by atoms with Gasteiger partial charge in [0.05, 0.1) is 0 Å². The number of carbonyl (C=O) groups excluding carboxylic acids is 1. The average molecular weight is 372 g/mol. The van der Waals surface area contributed by atoms with Crippen molar-refractivity contribution in [1.29, 1.82) is 0 Å². The molecule has 0 aliphatic carbocycles. The van der Waals surface area contributed by atoms with Gasteiger partial charge in [0.1, 0.15) is 6.61 Å². The number of halogens is 3. The van der Waals surface area contributed by atoms with Gasteiger partial charge in [0.15, 0.2) is 5.96 Å². The van der Waals surface area contributed by atoms with E-state index in [-0.39, 0.29) is 18.4 Å². The second kappa shape index (κ2) is 9.42. The van der Waals surface area contributed by atoms with Gasteiger partial charge < -0.3 is 20.7 Å². The summed E-state index contributed by atoms with van der Waals surface area (Å²) >= 11 is 0. The largest absolute Gasteiger partial charge is 0.411 e. The van der Waals surface area contributed by atoms with Crippen LogP contribution in [0.2, 0.25) is 0 Å². The molecule has 3 N–H and O–H groups in total. The average Bonchev–Trinajstić information content (AvgIpc) is 2.59. The Bertz CT molecular complexity index is 635. The van der Waals surface area contributed by atoms with Crippen molar-refractivity contribution < 1.29 is 22.7 Å². The SMILES string of the molecule is CN=C(NCCCOCC(F)(F)F)NCC1CC(=O)Nc2ccccc21. The van der Waals surface area contributed by atoms with E-state index in [0.29, 0.717) is 31.9 Å². The Morgan fingerprint density at radius 2 is 2.12 bits per heavy atom. The van der Waals surface area contributed by atoms with Crippen LogP contribution in [0.3, 0.4) is 0 Å². The molecular formula is C17H23F3N4O2. The number of para-hydroxylation sites is 1. The van der Waals surface area contributed by atoms with Crippen LogP contribution in [0, 0.1) is 0 Å². The summed E-state index contributed by atoms with van der Waals surface area (Å²) < 4.78 is 40.4. The van der Waals surface area contributed by atoms with Gasteiger partial charge in [-0.05, 0) is 18.1 Å². The van der Waals surface area contributed by atoms with Gasteiger partial charge >= 0.3 is 6.18 Å². The molecule has 0 fully saturated rings. The Morgan fingerprint density at radius 1 is 1.35 bits per heavy atom. The van der Waals surface area contributed by atoms with E-state index in [1.165, 1.54) is 0 Å². The molecule has 1 aromatic rings. The quantitative estimate of drug-likeness (QED) is 0.390. The maximum atomic E-state index is 12.0. The van der Waals surface area contributed by atoms with Crippen LogP contribution in [-0.2, 0) is 9.53 Å². The third kappa shape index (κ3) is 6.55. The summed E-state index contributed by atoms with van der Waals surface area (Å²) in [5, 5.41) is 9.02. The second-order valence-electron chi connectivity index (χ2n) is 5.94. The van der Waals surface area contributed by atoms with Crippen molar-refractivity contribution in [2.75, 3.05) is 38.7 Å². The fraction of sp³-hybridized carbons (Fsp3) is 0.529. The minimum atomic E-state index is -4.30. The van der Waals surface area contributed by atoms with E-state index in [4.69, 9.17) is 0 Å². The van der Waals surface area contributed by atoms with Crippen molar-refractivity contribution >= 4 is 17.6 Å². The van der Waals surface area contributed by atoms with Gasteiger partial charge in [-0.25, -0.2) is 0 Å². The summed E-state index contributed by atoms with van der Waals surface area (Å²) in [6.45, 7) is -0.267. The van der Waals surface area contributed by atoms with Crippen LogP contribution in [-0.4, -0.2) is 51.4 Å². The second-order valence-corrected chi connectivity index (χ2v) is 5.94. The molecule has 9 heteroatoms. The van der Waals surface area contributed by atoms with Crippen LogP contribution in [0.25, 0.3) is 0 Å². The molecule has 144 valence electrons. The number of nitrogens with zero attached hydrogens (tertiary/aromatic N) is 1. The molecule has 0 bridgehead atoms. The fourth-order valence-corrected chi connectivity index (χ4v) is 2.69. The van der Waals surface area contributed by atoms with E-state index in [0.717, 1.165) is 11.3 Å². The van der Waals surface area contributed by atoms with Crippen molar-refractivity contribution in [3.05, 3.63) is 29.8 Å². The summed E-state index contributed by atoms with van der Waals surface area (Å²) in [6, 6.07) is 7.65. The Kier molecular flexibility index (Phi) is 7.26. The van der Waals surface area contributed by atoms with Crippen LogP contribution < -0.4 is 16.0 Å². The zero-order valence-electron chi connectivity index (χ0n) is 14.5. The van der Waals surface area contributed by atoms with Gasteiger partial charge in [-0.15, -0.1) is 0 Å². The minimum absolute atomic E-state index is 0.0136. The molecule has 6 nitrogen and oxygen atoms in total. The predicted octanol–water partition coefficient (Wildman–Crippen LogP) is 2.25. The minimum Gasteiger partial charge on any atom is -0.372 e. The molecule has 0 saturated heterocycles. The summed E-state index contributed by atoms with van der Waals surface area (Å²) in [5.41, 5.74) is 1.89. The normalized spacial score (nSPS) is 17.5. The molecule has 0 radical (unpaired) electrons. The molecule has 1 amide bonds. The highest BCUT2D eigenvalue weighted by molar-refractivity contribution is 5.94. The van der Waals surface area contributed by atoms with Crippen molar-refractivity contribution in [1.82, 2.24) is 10.6 Å². The number of guanidine groups is 1. The monoisotopic (exact) mass is 372 g/mol. The number of anilines is 1. The number of nitrogens with one attached hydrogen (secondary N) is 3. The maximum absolute atomic E-state index is 12.0. The smallest absolute Gasteiger partial charge is 0.372 e. The Hall–Kier alpha value is -2.29. The van der Waals surface area contributed by atoms with E-state index < -0.39 is 12.8 Å². The van der Waals surface area contributed by atoms with Gasteiger partial charge in [-0.2, -0.15) is 13.2 Å². The first-order valence-electron chi connectivity index (χ1n) is 8.37. The van der Waals surface area contributed by atoms with Gasteiger partial charge in [0.25, 0.3) is 0 Å². The van der Waals surface area contributed by atoms with E-state index >= 15 is 0 Å². The Balaban J connectivity index is 1.73. The lowest BCUT2D eigenvalue weighted by molar-refractivity contribution is -0.173. The van der Waals surface area contributed by atoms with Crippen LogP contribution in [0.5, 0.6) is 0 Å². The summed E-state index contributed by atoms with van der Waals surface area (Å²) in [4.78, 5) is 15.9. The van der Waals surface area contributed by atoms with Gasteiger partial charge in [-0.1, -0.05) is 18.2 Å². The van der Waals surface area contributed by atoms with E-state index in [1.807, 2.05) is 24.3 Å². The maximum Gasteiger partial charge on any atom is 0.411 e. The van der Waals surface area contributed by atoms with Crippen LogP contribution >= 0.6 is 0 Å². The molecule has 1 aliphatic rings. The van der Waals surface area contributed by atoms with E-state index in [9.17, 15) is 18.0 Å². The Labute approximate surface area is 150 Å². The van der Waals surface area contributed by atoms with Gasteiger partial charge in [-0.3, -0.25) is 9.79 Å². The standard InChI is InChI=1S/C17H23F3N4O2/c1-21-16(22-7-4-8-26-11-17(18,19)20)23-10-12-9-15(25)24-14-6-3-2-5-13(12)14/h2-3,5-6,12H,4,7-11H2,1H3,(H,24,25)(H2,21,22,23). The topological polar surface area (TPSA) is 74.8 Å². The lowest BCUT2D eigenvalue weighted by Gasteiger charge is -2.26. The summed E-state index contributed by atoms with van der Waals surface area (Å²) in [5.74, 6) is 0.526. The predicted molar refractivity (Wildman–Crippen MR) is 93.3 cm³/mol. The number of ether oxygens (including phenoxy) is 1. The molecule has 0 saturated carbocycles. The molecule has 2 rings (SSSR count). The Morgan fingerprint density at radius 3 is 2.85 bits per heavy atom. The molecule has 1 unspecified atom stereocenters. The van der Waals surface area contributed by atoms with Crippen LogP contribution in [0.4, 0.5) is 18.9 Å². The number of fused-ring (bicyclic) bond motifs is 1. The molecule has 1 heterocycles.